The number of methoxy groups -OCH3 is 1. The lowest BCUT2D eigenvalue weighted by Crippen LogP contribution is -2.29. The van der Waals surface area contributed by atoms with Crippen molar-refractivity contribution in [3.05, 3.63) is 29.3 Å². The predicted octanol–water partition coefficient (Wildman–Crippen LogP) is 0.561. The first-order valence-electron chi connectivity index (χ1n) is 5.37. The zero-order valence-corrected chi connectivity index (χ0v) is 10.5. The van der Waals surface area contributed by atoms with Crippen molar-refractivity contribution < 1.29 is 13.2 Å². The van der Waals surface area contributed by atoms with E-state index in [-0.39, 0.29) is 12.4 Å². The third-order valence-corrected chi connectivity index (χ3v) is 4.59. The quantitative estimate of drug-likeness (QED) is 0.799. The molecule has 1 aromatic rings. The number of benzene rings is 1. The van der Waals surface area contributed by atoms with Crippen molar-refractivity contribution in [2.75, 3.05) is 25.2 Å². The first-order valence-corrected chi connectivity index (χ1v) is 6.98. The second-order valence-electron chi connectivity index (χ2n) is 4.11. The van der Waals surface area contributed by atoms with Crippen LogP contribution in [-0.4, -0.2) is 32.2 Å². The first-order chi connectivity index (χ1) is 8.03. The number of nitrogens with zero attached hydrogens (tertiary/aromatic N) is 1. The van der Waals surface area contributed by atoms with Crippen molar-refractivity contribution in [2.24, 2.45) is 0 Å². The van der Waals surface area contributed by atoms with Gasteiger partial charge in [-0.25, -0.2) is 8.42 Å². The van der Waals surface area contributed by atoms with E-state index in [0.29, 0.717) is 18.8 Å². The average Bonchev–Trinajstić information content (AvgIpc) is 2.70. The molecule has 0 unspecified atom stereocenters. The van der Waals surface area contributed by atoms with Gasteiger partial charge in [-0.2, -0.15) is 4.31 Å². The van der Waals surface area contributed by atoms with Crippen LogP contribution in [0.4, 0.5) is 5.69 Å². The third-order valence-electron chi connectivity index (χ3n) is 2.86. The zero-order valence-electron chi connectivity index (χ0n) is 9.72. The topological polar surface area (TPSA) is 72.6 Å². The molecule has 0 aromatic heterocycles. The summed E-state index contributed by atoms with van der Waals surface area (Å²) >= 11 is 0. The highest BCUT2D eigenvalue weighted by atomic mass is 32.2. The molecule has 5 nitrogen and oxygen atoms in total. The van der Waals surface area contributed by atoms with E-state index in [1.54, 1.807) is 6.07 Å². The number of ether oxygens (including phenoxy) is 1. The molecule has 6 heteroatoms. The van der Waals surface area contributed by atoms with Gasteiger partial charge in [0.2, 0.25) is 10.0 Å². The van der Waals surface area contributed by atoms with E-state index in [0.717, 1.165) is 11.1 Å². The Balaban J connectivity index is 2.14. The smallest absolute Gasteiger partial charge is 0.216 e. The van der Waals surface area contributed by atoms with Crippen molar-refractivity contribution in [1.82, 2.24) is 4.31 Å². The highest BCUT2D eigenvalue weighted by molar-refractivity contribution is 7.89. The van der Waals surface area contributed by atoms with Crippen LogP contribution in [0.15, 0.2) is 18.2 Å². The molecule has 1 aliphatic heterocycles. The molecule has 0 saturated heterocycles. The summed E-state index contributed by atoms with van der Waals surface area (Å²) in [5.74, 6) is 0.0208. The third kappa shape index (κ3) is 2.59. The summed E-state index contributed by atoms with van der Waals surface area (Å²) in [6.45, 7) is 1.06. The van der Waals surface area contributed by atoms with Crippen LogP contribution in [0.3, 0.4) is 0 Å². The molecular weight excluding hydrogens is 240 g/mol. The summed E-state index contributed by atoms with van der Waals surface area (Å²) in [6.07, 6.45) is 0. The van der Waals surface area contributed by atoms with Crippen LogP contribution in [-0.2, 0) is 27.8 Å². The lowest BCUT2D eigenvalue weighted by molar-refractivity contribution is 0.215. The van der Waals surface area contributed by atoms with Crippen LogP contribution in [0.2, 0.25) is 0 Å². The highest BCUT2D eigenvalue weighted by Gasteiger charge is 2.28. The Morgan fingerprint density at radius 1 is 1.35 bits per heavy atom. The minimum Gasteiger partial charge on any atom is -0.399 e. The van der Waals surface area contributed by atoms with Crippen LogP contribution in [0.5, 0.6) is 0 Å². The number of hydrogen-bond donors (Lipinski definition) is 1. The van der Waals surface area contributed by atoms with Gasteiger partial charge in [-0.1, -0.05) is 6.07 Å². The van der Waals surface area contributed by atoms with Gasteiger partial charge in [-0.15, -0.1) is 0 Å². The van der Waals surface area contributed by atoms with Gasteiger partial charge >= 0.3 is 0 Å². The van der Waals surface area contributed by atoms with Crippen molar-refractivity contribution in [2.45, 2.75) is 13.1 Å². The Bertz CT molecular complexity index is 513. The molecular formula is C11H16N2O3S. The number of rotatable bonds is 4. The predicted molar refractivity (Wildman–Crippen MR) is 65.8 cm³/mol. The second-order valence-corrected chi connectivity index (χ2v) is 6.19. The summed E-state index contributed by atoms with van der Waals surface area (Å²) in [7, 11) is -1.74. The van der Waals surface area contributed by atoms with E-state index < -0.39 is 10.0 Å². The number of hydrogen-bond acceptors (Lipinski definition) is 4. The molecule has 1 heterocycles. The van der Waals surface area contributed by atoms with Gasteiger partial charge in [0.15, 0.2) is 0 Å². The van der Waals surface area contributed by atoms with E-state index in [1.165, 1.54) is 11.4 Å². The Kier molecular flexibility index (Phi) is 3.37. The molecule has 1 aliphatic rings. The van der Waals surface area contributed by atoms with Gasteiger partial charge in [-0.05, 0) is 23.3 Å². The van der Waals surface area contributed by atoms with Crippen LogP contribution in [0, 0.1) is 0 Å². The summed E-state index contributed by atoms with van der Waals surface area (Å²) in [5, 5.41) is 0. The van der Waals surface area contributed by atoms with Crippen molar-refractivity contribution in [1.29, 1.82) is 0 Å². The van der Waals surface area contributed by atoms with Gasteiger partial charge in [0.25, 0.3) is 0 Å². The van der Waals surface area contributed by atoms with Crippen molar-refractivity contribution in [3.8, 4) is 0 Å². The van der Waals surface area contributed by atoms with E-state index in [1.807, 2.05) is 12.1 Å². The first kappa shape index (κ1) is 12.3. The van der Waals surface area contributed by atoms with E-state index in [2.05, 4.69) is 0 Å². The molecule has 94 valence electrons. The summed E-state index contributed by atoms with van der Waals surface area (Å²) < 4.78 is 30.2. The Labute approximate surface area is 101 Å². The standard InChI is InChI=1S/C11H16N2O3S/c1-16-4-5-17(14,15)13-7-9-2-3-11(12)6-10(9)8-13/h2-3,6H,4-5,7-8,12H2,1H3. The van der Waals surface area contributed by atoms with E-state index in [9.17, 15) is 8.42 Å². The molecule has 0 fully saturated rings. The molecule has 1 aromatic carbocycles. The SMILES string of the molecule is COCCS(=O)(=O)N1Cc2ccc(N)cc2C1. The number of sulfonamides is 1. The largest absolute Gasteiger partial charge is 0.399 e. The molecule has 0 spiro atoms. The lowest BCUT2D eigenvalue weighted by atomic mass is 10.1. The fourth-order valence-corrected chi connectivity index (χ4v) is 3.20. The minimum absolute atomic E-state index is 0.0208. The molecule has 2 rings (SSSR count). The van der Waals surface area contributed by atoms with Crippen molar-refractivity contribution >= 4 is 15.7 Å². The van der Waals surface area contributed by atoms with Crippen LogP contribution >= 0.6 is 0 Å². The Morgan fingerprint density at radius 2 is 2.06 bits per heavy atom. The highest BCUT2D eigenvalue weighted by Crippen LogP contribution is 2.26. The zero-order chi connectivity index (χ0) is 12.5. The van der Waals surface area contributed by atoms with Gasteiger partial charge in [0, 0.05) is 25.9 Å². The van der Waals surface area contributed by atoms with Gasteiger partial charge < -0.3 is 10.5 Å². The monoisotopic (exact) mass is 256 g/mol. The van der Waals surface area contributed by atoms with E-state index in [4.69, 9.17) is 10.5 Å². The molecule has 0 amide bonds. The maximum atomic E-state index is 12.0. The number of fused-ring (bicyclic) bond motifs is 1. The van der Waals surface area contributed by atoms with Crippen LogP contribution in [0.25, 0.3) is 0 Å². The molecule has 0 radical (unpaired) electrons. The van der Waals surface area contributed by atoms with Gasteiger partial charge in [0.1, 0.15) is 0 Å². The number of nitrogen functional groups attached to an aromatic ring is 1. The fourth-order valence-electron chi connectivity index (χ4n) is 1.90. The average molecular weight is 256 g/mol. The van der Waals surface area contributed by atoms with Gasteiger partial charge in [0.05, 0.1) is 12.4 Å². The van der Waals surface area contributed by atoms with E-state index >= 15 is 0 Å². The second kappa shape index (κ2) is 4.64. The summed E-state index contributed by atoms with van der Waals surface area (Å²) in [6, 6.07) is 5.52. The fraction of sp³-hybridized carbons (Fsp3) is 0.455. The Morgan fingerprint density at radius 3 is 2.76 bits per heavy atom. The van der Waals surface area contributed by atoms with Crippen LogP contribution < -0.4 is 5.73 Å². The molecule has 0 aliphatic carbocycles. The Hall–Kier alpha value is -1.11. The minimum atomic E-state index is -3.24. The van der Waals surface area contributed by atoms with Crippen LogP contribution in [0.1, 0.15) is 11.1 Å². The van der Waals surface area contributed by atoms with Gasteiger partial charge in [-0.3, -0.25) is 0 Å². The molecule has 17 heavy (non-hydrogen) atoms. The van der Waals surface area contributed by atoms with Crippen molar-refractivity contribution in [3.63, 3.8) is 0 Å². The molecule has 2 N–H and O–H groups in total. The molecule has 0 bridgehead atoms. The lowest BCUT2D eigenvalue weighted by Gasteiger charge is -2.14. The maximum absolute atomic E-state index is 12.0. The normalized spacial score (nSPS) is 16.1. The number of anilines is 1. The summed E-state index contributed by atoms with van der Waals surface area (Å²) in [5.41, 5.74) is 8.36. The molecule has 0 saturated carbocycles. The molecule has 0 atom stereocenters. The number of nitrogens with two attached hydrogens (primary N) is 1. The maximum Gasteiger partial charge on any atom is 0.216 e. The summed E-state index contributed by atoms with van der Waals surface area (Å²) in [4.78, 5) is 0.